The molecule has 3 heteroatoms. The van der Waals surface area contributed by atoms with Crippen LogP contribution in [0.4, 0.5) is 4.39 Å². The molecule has 98 valence electrons. The Kier molecular flexibility index (Phi) is 3.69. The fourth-order valence-corrected chi connectivity index (χ4v) is 2.93. The number of benzene rings is 1. The Morgan fingerprint density at radius 2 is 2.11 bits per heavy atom. The number of hydrogen-bond donors (Lipinski definition) is 1. The third kappa shape index (κ3) is 2.40. The molecule has 0 bridgehead atoms. The zero-order valence-corrected chi connectivity index (χ0v) is 10.7. The summed E-state index contributed by atoms with van der Waals surface area (Å²) >= 11 is 0. The minimum Gasteiger partial charge on any atom is -0.481 e. The smallest absolute Gasteiger partial charge is 0.314 e. The largest absolute Gasteiger partial charge is 0.481 e. The van der Waals surface area contributed by atoms with Crippen LogP contribution in [0.1, 0.15) is 43.7 Å². The van der Waals surface area contributed by atoms with E-state index in [1.165, 1.54) is 6.92 Å². The first-order chi connectivity index (χ1) is 8.54. The first-order valence-electron chi connectivity index (χ1n) is 6.51. The summed E-state index contributed by atoms with van der Waals surface area (Å²) in [6.45, 7) is 1.52. The van der Waals surface area contributed by atoms with E-state index in [2.05, 4.69) is 0 Å². The summed E-state index contributed by atoms with van der Waals surface area (Å²) < 4.78 is 13.0. The summed E-state index contributed by atoms with van der Waals surface area (Å²) in [5, 5.41) is 9.52. The molecule has 0 saturated heterocycles. The van der Waals surface area contributed by atoms with E-state index in [1.54, 1.807) is 0 Å². The maximum Gasteiger partial charge on any atom is 0.314 e. The average Bonchev–Trinajstić information content (AvgIpc) is 2.78. The van der Waals surface area contributed by atoms with Crippen molar-refractivity contribution in [3.63, 3.8) is 0 Å². The van der Waals surface area contributed by atoms with Gasteiger partial charge in [-0.25, -0.2) is 4.39 Å². The van der Waals surface area contributed by atoms with Crippen molar-refractivity contribution in [1.29, 1.82) is 0 Å². The highest BCUT2D eigenvalue weighted by Gasteiger charge is 2.42. The van der Waals surface area contributed by atoms with E-state index in [0.29, 0.717) is 19.3 Å². The molecule has 18 heavy (non-hydrogen) atoms. The molecule has 1 aromatic rings. The molecule has 1 fully saturated rings. The third-order valence-electron chi connectivity index (χ3n) is 3.86. The summed E-state index contributed by atoms with van der Waals surface area (Å²) in [6.07, 6.45) is 2.74. The molecule has 1 aliphatic carbocycles. The number of aliphatic carboxylic acids is 1. The van der Waals surface area contributed by atoms with Gasteiger partial charge in [-0.05, 0) is 30.9 Å². The molecular weight excluding hydrogens is 231 g/mol. The molecule has 0 spiro atoms. The van der Waals surface area contributed by atoms with Gasteiger partial charge in [-0.2, -0.15) is 0 Å². The number of carboxylic acids is 1. The first kappa shape index (κ1) is 13.1. The monoisotopic (exact) mass is 250 g/mol. The van der Waals surface area contributed by atoms with E-state index in [0.717, 1.165) is 24.0 Å². The van der Waals surface area contributed by atoms with Gasteiger partial charge in [-0.15, -0.1) is 0 Å². The predicted molar refractivity (Wildman–Crippen MR) is 68.5 cm³/mol. The van der Waals surface area contributed by atoms with Crippen molar-refractivity contribution in [3.8, 4) is 0 Å². The van der Waals surface area contributed by atoms with Crippen molar-refractivity contribution in [2.75, 3.05) is 0 Å². The van der Waals surface area contributed by atoms with Crippen LogP contribution in [0.15, 0.2) is 24.3 Å². The Balaban J connectivity index is 2.34. The average molecular weight is 250 g/mol. The SMILES string of the molecule is CC(F)Cc1cccc(C2(C(=O)O)CCCC2)c1. The van der Waals surface area contributed by atoms with Crippen molar-refractivity contribution in [1.82, 2.24) is 0 Å². The number of rotatable bonds is 4. The van der Waals surface area contributed by atoms with Crippen molar-refractivity contribution >= 4 is 5.97 Å². The van der Waals surface area contributed by atoms with Crippen LogP contribution in [0.25, 0.3) is 0 Å². The number of hydrogen-bond acceptors (Lipinski definition) is 1. The molecule has 1 N–H and O–H groups in total. The molecule has 1 unspecified atom stereocenters. The zero-order valence-electron chi connectivity index (χ0n) is 10.7. The van der Waals surface area contributed by atoms with Crippen LogP contribution in [0.2, 0.25) is 0 Å². The number of halogens is 1. The molecule has 0 radical (unpaired) electrons. The minimum atomic E-state index is -0.899. The Morgan fingerprint density at radius 1 is 1.44 bits per heavy atom. The van der Waals surface area contributed by atoms with Gasteiger partial charge in [0.05, 0.1) is 5.41 Å². The van der Waals surface area contributed by atoms with Gasteiger partial charge in [0.2, 0.25) is 0 Å². The van der Waals surface area contributed by atoms with Gasteiger partial charge >= 0.3 is 5.97 Å². The maximum absolute atomic E-state index is 13.0. The zero-order chi connectivity index (χ0) is 13.2. The third-order valence-corrected chi connectivity index (χ3v) is 3.86. The van der Waals surface area contributed by atoms with E-state index >= 15 is 0 Å². The molecule has 1 atom stereocenters. The molecule has 0 amide bonds. The van der Waals surface area contributed by atoms with E-state index in [1.807, 2.05) is 24.3 Å². The predicted octanol–water partition coefficient (Wildman–Crippen LogP) is 3.48. The Hall–Kier alpha value is -1.38. The highest BCUT2D eigenvalue weighted by atomic mass is 19.1. The summed E-state index contributed by atoms with van der Waals surface area (Å²) in [7, 11) is 0. The highest BCUT2D eigenvalue weighted by molar-refractivity contribution is 5.81. The molecule has 2 nitrogen and oxygen atoms in total. The van der Waals surface area contributed by atoms with Crippen LogP contribution in [0.3, 0.4) is 0 Å². The fraction of sp³-hybridized carbons (Fsp3) is 0.533. The second-order valence-electron chi connectivity index (χ2n) is 5.28. The van der Waals surface area contributed by atoms with E-state index in [-0.39, 0.29) is 0 Å². The molecular formula is C15H19FO2. The molecule has 0 heterocycles. The van der Waals surface area contributed by atoms with Crippen molar-refractivity contribution < 1.29 is 14.3 Å². The van der Waals surface area contributed by atoms with E-state index < -0.39 is 17.6 Å². The summed E-state index contributed by atoms with van der Waals surface area (Å²) in [5.74, 6) is -0.745. The first-order valence-corrected chi connectivity index (χ1v) is 6.51. The second kappa shape index (κ2) is 5.09. The van der Waals surface area contributed by atoms with Gasteiger partial charge < -0.3 is 5.11 Å². The minimum absolute atomic E-state index is 0.351. The second-order valence-corrected chi connectivity index (χ2v) is 5.28. The molecule has 2 rings (SSSR count). The van der Waals surface area contributed by atoms with Crippen molar-refractivity contribution in [2.24, 2.45) is 0 Å². The molecule has 1 aliphatic rings. The normalized spacial score (nSPS) is 19.7. The van der Waals surface area contributed by atoms with Crippen LogP contribution < -0.4 is 0 Å². The quantitative estimate of drug-likeness (QED) is 0.888. The summed E-state index contributed by atoms with van der Waals surface area (Å²) in [5.41, 5.74) is 0.982. The van der Waals surface area contributed by atoms with Gasteiger partial charge in [0.25, 0.3) is 0 Å². The topological polar surface area (TPSA) is 37.3 Å². The van der Waals surface area contributed by atoms with Gasteiger partial charge in [-0.1, -0.05) is 37.1 Å². The maximum atomic E-state index is 13.0. The fourth-order valence-electron chi connectivity index (χ4n) is 2.93. The lowest BCUT2D eigenvalue weighted by Gasteiger charge is -2.25. The summed E-state index contributed by atoms with van der Waals surface area (Å²) in [4.78, 5) is 11.6. The van der Waals surface area contributed by atoms with E-state index in [9.17, 15) is 14.3 Å². The van der Waals surface area contributed by atoms with Crippen LogP contribution >= 0.6 is 0 Å². The standard InChI is InChI=1S/C15H19FO2/c1-11(16)9-12-5-4-6-13(10-12)15(14(17)18)7-2-3-8-15/h4-6,10-11H,2-3,7-9H2,1H3,(H,17,18). The lowest BCUT2D eigenvalue weighted by Crippen LogP contribution is -2.32. The lowest BCUT2D eigenvalue weighted by atomic mass is 9.78. The molecule has 1 aromatic carbocycles. The van der Waals surface area contributed by atoms with Crippen LogP contribution in [0.5, 0.6) is 0 Å². The van der Waals surface area contributed by atoms with Crippen LogP contribution in [-0.2, 0) is 16.6 Å². The Bertz CT molecular complexity index is 434. The van der Waals surface area contributed by atoms with E-state index in [4.69, 9.17) is 0 Å². The lowest BCUT2D eigenvalue weighted by molar-refractivity contribution is -0.143. The van der Waals surface area contributed by atoms with Gasteiger partial charge in [0, 0.05) is 6.42 Å². The van der Waals surface area contributed by atoms with Gasteiger partial charge in [-0.3, -0.25) is 4.79 Å². The van der Waals surface area contributed by atoms with Crippen molar-refractivity contribution in [3.05, 3.63) is 35.4 Å². The van der Waals surface area contributed by atoms with Crippen LogP contribution in [-0.4, -0.2) is 17.2 Å². The highest BCUT2D eigenvalue weighted by Crippen LogP contribution is 2.41. The summed E-state index contributed by atoms with van der Waals surface area (Å²) in [6, 6.07) is 7.45. The Labute approximate surface area is 107 Å². The van der Waals surface area contributed by atoms with Gasteiger partial charge in [0.15, 0.2) is 0 Å². The number of carbonyl (C=O) groups is 1. The molecule has 0 aliphatic heterocycles. The number of carboxylic acid groups (broad SMARTS) is 1. The van der Waals surface area contributed by atoms with Crippen molar-refractivity contribution in [2.45, 2.75) is 50.6 Å². The van der Waals surface area contributed by atoms with Gasteiger partial charge in [0.1, 0.15) is 6.17 Å². The van der Waals surface area contributed by atoms with Crippen LogP contribution in [0, 0.1) is 0 Å². The number of alkyl halides is 1. The molecule has 1 saturated carbocycles. The Morgan fingerprint density at radius 3 is 2.67 bits per heavy atom. The molecule has 0 aromatic heterocycles.